The number of nitrogens with two attached hydrogens (primary N) is 1. The van der Waals surface area contributed by atoms with Crippen molar-refractivity contribution >= 4 is 29.1 Å². The molecule has 5 nitrogen and oxygen atoms in total. The van der Waals surface area contributed by atoms with Gasteiger partial charge in [0.25, 0.3) is 0 Å². The summed E-state index contributed by atoms with van der Waals surface area (Å²) in [6, 6.07) is 13.7. The summed E-state index contributed by atoms with van der Waals surface area (Å²) in [5, 5.41) is 3.52. The highest BCUT2D eigenvalue weighted by Gasteiger charge is 2.18. The number of likely N-dealkylation sites (N-methyl/N-ethyl adjacent to an activating group) is 1. The second-order valence-electron chi connectivity index (χ2n) is 5.65. The molecule has 2 aromatic carbocycles. The molecular weight excluding hydrogens is 326 g/mol. The Kier molecular flexibility index (Phi) is 5.95. The maximum atomic E-state index is 12.4. The maximum Gasteiger partial charge on any atom is 0.248 e. The summed E-state index contributed by atoms with van der Waals surface area (Å²) in [5.74, 6) is -0.623. The van der Waals surface area contributed by atoms with Crippen LogP contribution in [0.3, 0.4) is 0 Å². The van der Waals surface area contributed by atoms with Gasteiger partial charge < -0.3 is 11.1 Å². The van der Waals surface area contributed by atoms with Crippen LogP contribution in [-0.2, 0) is 11.3 Å². The largest absolute Gasteiger partial charge is 0.366 e. The van der Waals surface area contributed by atoms with Gasteiger partial charge in [-0.3, -0.25) is 14.5 Å². The van der Waals surface area contributed by atoms with E-state index in [0.29, 0.717) is 22.8 Å². The molecule has 126 valence electrons. The Morgan fingerprint density at radius 2 is 1.71 bits per heavy atom. The molecule has 2 amide bonds. The molecule has 1 atom stereocenters. The highest BCUT2D eigenvalue weighted by atomic mass is 35.5. The summed E-state index contributed by atoms with van der Waals surface area (Å²) in [6.45, 7) is 2.47. The van der Waals surface area contributed by atoms with Crippen molar-refractivity contribution in [1.29, 1.82) is 0 Å². The van der Waals surface area contributed by atoms with E-state index < -0.39 is 5.91 Å². The molecule has 6 heteroatoms. The number of carbonyl (C=O) groups is 2. The van der Waals surface area contributed by atoms with Crippen molar-refractivity contribution in [2.24, 2.45) is 5.73 Å². The van der Waals surface area contributed by atoms with Crippen LogP contribution in [-0.4, -0.2) is 29.8 Å². The summed E-state index contributed by atoms with van der Waals surface area (Å²) in [6.07, 6.45) is 0. The molecule has 0 saturated carbocycles. The quantitative estimate of drug-likeness (QED) is 0.845. The van der Waals surface area contributed by atoms with Gasteiger partial charge in [0.2, 0.25) is 11.8 Å². The van der Waals surface area contributed by atoms with Gasteiger partial charge in [0.05, 0.1) is 6.04 Å². The molecule has 0 aromatic heterocycles. The smallest absolute Gasteiger partial charge is 0.248 e. The zero-order valence-corrected chi connectivity index (χ0v) is 14.4. The van der Waals surface area contributed by atoms with Gasteiger partial charge in [0, 0.05) is 22.8 Å². The van der Waals surface area contributed by atoms with Gasteiger partial charge in [-0.2, -0.15) is 0 Å². The summed E-state index contributed by atoms with van der Waals surface area (Å²) in [7, 11) is 1.88. The Hall–Kier alpha value is -2.37. The van der Waals surface area contributed by atoms with E-state index >= 15 is 0 Å². The lowest BCUT2D eigenvalue weighted by Gasteiger charge is -2.24. The first-order valence-corrected chi connectivity index (χ1v) is 7.90. The molecule has 1 unspecified atom stereocenters. The SMILES string of the molecule is CC(C(=O)Nc1ccc(C(N)=O)cc1)N(C)Cc1ccc(Cl)cc1. The molecule has 0 aliphatic rings. The molecule has 0 heterocycles. The number of anilines is 1. The Morgan fingerprint density at radius 3 is 2.25 bits per heavy atom. The third-order valence-electron chi connectivity index (χ3n) is 3.82. The molecule has 0 bridgehead atoms. The summed E-state index contributed by atoms with van der Waals surface area (Å²) in [4.78, 5) is 25.3. The topological polar surface area (TPSA) is 75.4 Å². The fourth-order valence-corrected chi connectivity index (χ4v) is 2.31. The van der Waals surface area contributed by atoms with Crippen molar-refractivity contribution < 1.29 is 9.59 Å². The lowest BCUT2D eigenvalue weighted by Crippen LogP contribution is -2.39. The fourth-order valence-electron chi connectivity index (χ4n) is 2.18. The van der Waals surface area contributed by atoms with Crippen LogP contribution in [0, 0.1) is 0 Å². The van der Waals surface area contributed by atoms with Gasteiger partial charge in [0.1, 0.15) is 0 Å². The number of hydrogen-bond acceptors (Lipinski definition) is 3. The average molecular weight is 346 g/mol. The van der Waals surface area contributed by atoms with Crippen molar-refractivity contribution in [3.63, 3.8) is 0 Å². The second kappa shape index (κ2) is 7.95. The monoisotopic (exact) mass is 345 g/mol. The minimum Gasteiger partial charge on any atom is -0.366 e. The van der Waals surface area contributed by atoms with Crippen LogP contribution < -0.4 is 11.1 Å². The highest BCUT2D eigenvalue weighted by Crippen LogP contribution is 2.14. The Labute approximate surface area is 146 Å². The predicted molar refractivity (Wildman–Crippen MR) is 96.0 cm³/mol. The number of nitrogens with zero attached hydrogens (tertiary/aromatic N) is 1. The Balaban J connectivity index is 1.95. The van der Waals surface area contributed by atoms with Crippen LogP contribution in [0.1, 0.15) is 22.8 Å². The molecule has 2 rings (SSSR count). The lowest BCUT2D eigenvalue weighted by atomic mass is 10.1. The first-order valence-electron chi connectivity index (χ1n) is 7.52. The predicted octanol–water partition coefficient (Wildman–Crippen LogP) is 2.90. The van der Waals surface area contributed by atoms with Crippen molar-refractivity contribution in [2.45, 2.75) is 19.5 Å². The number of rotatable bonds is 6. The molecular formula is C18H20ClN3O2. The number of carbonyl (C=O) groups excluding carboxylic acids is 2. The van der Waals surface area contributed by atoms with Crippen LogP contribution >= 0.6 is 11.6 Å². The zero-order valence-electron chi connectivity index (χ0n) is 13.6. The standard InChI is InChI=1S/C18H20ClN3O2/c1-12(22(2)11-13-3-7-15(19)8-4-13)18(24)21-16-9-5-14(6-10-16)17(20)23/h3-10,12H,11H2,1-2H3,(H2,20,23)(H,21,24). The van der Waals surface area contributed by atoms with Gasteiger partial charge in [-0.15, -0.1) is 0 Å². The number of halogens is 1. The molecule has 0 saturated heterocycles. The zero-order chi connectivity index (χ0) is 17.7. The molecule has 0 aliphatic heterocycles. The number of primary amides is 1. The van der Waals surface area contributed by atoms with Crippen LogP contribution in [0.4, 0.5) is 5.69 Å². The second-order valence-corrected chi connectivity index (χ2v) is 6.08. The number of benzene rings is 2. The van der Waals surface area contributed by atoms with Crippen molar-refractivity contribution in [3.05, 3.63) is 64.7 Å². The first-order chi connectivity index (χ1) is 11.4. The van der Waals surface area contributed by atoms with Gasteiger partial charge >= 0.3 is 0 Å². The van der Waals surface area contributed by atoms with E-state index in [1.54, 1.807) is 24.3 Å². The molecule has 2 aromatic rings. The Bertz CT molecular complexity index is 714. The molecule has 0 spiro atoms. The van der Waals surface area contributed by atoms with Crippen LogP contribution in [0.25, 0.3) is 0 Å². The highest BCUT2D eigenvalue weighted by molar-refractivity contribution is 6.30. The first kappa shape index (κ1) is 18.0. The van der Waals surface area contributed by atoms with E-state index in [1.807, 2.05) is 43.1 Å². The molecule has 0 radical (unpaired) electrons. The van der Waals surface area contributed by atoms with Gasteiger partial charge in [0.15, 0.2) is 0 Å². The van der Waals surface area contributed by atoms with Gasteiger partial charge in [-0.05, 0) is 55.9 Å². The van der Waals surface area contributed by atoms with E-state index in [9.17, 15) is 9.59 Å². The van der Waals surface area contributed by atoms with E-state index in [0.717, 1.165) is 5.56 Å². The molecule has 0 fully saturated rings. The Morgan fingerprint density at radius 1 is 1.12 bits per heavy atom. The van der Waals surface area contributed by atoms with Crippen LogP contribution in [0.2, 0.25) is 5.02 Å². The number of amides is 2. The summed E-state index contributed by atoms with van der Waals surface area (Å²) in [5.41, 5.74) is 7.30. The summed E-state index contributed by atoms with van der Waals surface area (Å²) < 4.78 is 0. The maximum absolute atomic E-state index is 12.4. The van der Waals surface area contributed by atoms with Gasteiger partial charge in [-0.25, -0.2) is 0 Å². The molecule has 0 aliphatic carbocycles. The molecule has 3 N–H and O–H groups in total. The average Bonchev–Trinajstić information content (AvgIpc) is 2.56. The summed E-state index contributed by atoms with van der Waals surface area (Å²) >= 11 is 5.88. The third kappa shape index (κ3) is 4.81. The number of hydrogen-bond donors (Lipinski definition) is 2. The fraction of sp³-hybridized carbons (Fsp3) is 0.222. The van der Waals surface area contributed by atoms with E-state index in [2.05, 4.69) is 5.32 Å². The van der Waals surface area contributed by atoms with Crippen molar-refractivity contribution in [2.75, 3.05) is 12.4 Å². The van der Waals surface area contributed by atoms with E-state index in [1.165, 1.54) is 0 Å². The third-order valence-corrected chi connectivity index (χ3v) is 4.07. The minimum atomic E-state index is -0.496. The normalized spacial score (nSPS) is 12.0. The molecule has 24 heavy (non-hydrogen) atoms. The lowest BCUT2D eigenvalue weighted by molar-refractivity contribution is -0.120. The van der Waals surface area contributed by atoms with E-state index in [-0.39, 0.29) is 11.9 Å². The van der Waals surface area contributed by atoms with Crippen LogP contribution in [0.15, 0.2) is 48.5 Å². The van der Waals surface area contributed by atoms with Gasteiger partial charge in [-0.1, -0.05) is 23.7 Å². The van der Waals surface area contributed by atoms with Crippen molar-refractivity contribution in [3.8, 4) is 0 Å². The van der Waals surface area contributed by atoms with E-state index in [4.69, 9.17) is 17.3 Å². The van der Waals surface area contributed by atoms with Crippen molar-refractivity contribution in [1.82, 2.24) is 4.90 Å². The number of nitrogens with one attached hydrogen (secondary N) is 1. The minimum absolute atomic E-state index is 0.127. The van der Waals surface area contributed by atoms with Crippen LogP contribution in [0.5, 0.6) is 0 Å².